The zero-order valence-electron chi connectivity index (χ0n) is 16.1. The fourth-order valence-corrected chi connectivity index (χ4v) is 3.29. The summed E-state index contributed by atoms with van der Waals surface area (Å²) in [5.74, 6) is -1.89. The van der Waals surface area contributed by atoms with E-state index in [2.05, 4.69) is 14.8 Å². The second-order valence-corrected chi connectivity index (χ2v) is 6.74. The minimum Gasteiger partial charge on any atom is -0.466 e. The van der Waals surface area contributed by atoms with Crippen molar-refractivity contribution in [2.75, 3.05) is 14.2 Å². The number of nitrogens with zero attached hydrogens (tertiary/aromatic N) is 3. The van der Waals surface area contributed by atoms with Crippen molar-refractivity contribution in [3.63, 3.8) is 0 Å². The van der Waals surface area contributed by atoms with Gasteiger partial charge >= 0.3 is 11.9 Å². The average molecular weight is 423 g/mol. The molecule has 0 fully saturated rings. The summed E-state index contributed by atoms with van der Waals surface area (Å²) in [6, 6.07) is 17.7. The minimum absolute atomic E-state index is 0.172. The fraction of sp³-hybridized carbons (Fsp3) is 0.0952. The lowest BCUT2D eigenvalue weighted by molar-refractivity contribution is -0.138. The SMILES string of the molecule is COC(=O)C=C(N=c1sc(C(=O)c2ccccc2)nn1-c1ccccc1)C(=O)OC. The summed E-state index contributed by atoms with van der Waals surface area (Å²) < 4.78 is 10.7. The van der Waals surface area contributed by atoms with Crippen LogP contribution >= 0.6 is 11.3 Å². The first-order valence-corrected chi connectivity index (χ1v) is 9.53. The number of esters is 2. The highest BCUT2D eigenvalue weighted by Gasteiger charge is 2.18. The summed E-state index contributed by atoms with van der Waals surface area (Å²) >= 11 is 0.983. The first-order valence-electron chi connectivity index (χ1n) is 8.71. The number of ketones is 1. The van der Waals surface area contributed by atoms with Gasteiger partial charge in [-0.2, -0.15) is 5.10 Å². The van der Waals surface area contributed by atoms with E-state index in [9.17, 15) is 14.4 Å². The van der Waals surface area contributed by atoms with Crippen LogP contribution in [0.3, 0.4) is 0 Å². The van der Waals surface area contributed by atoms with Crippen molar-refractivity contribution in [1.82, 2.24) is 9.78 Å². The number of aromatic nitrogens is 2. The highest BCUT2D eigenvalue weighted by Crippen LogP contribution is 2.13. The third-order valence-corrected chi connectivity index (χ3v) is 4.76. The summed E-state index contributed by atoms with van der Waals surface area (Å²) in [5, 5.41) is 4.56. The summed E-state index contributed by atoms with van der Waals surface area (Å²) in [6.45, 7) is 0. The lowest BCUT2D eigenvalue weighted by atomic mass is 10.1. The number of benzene rings is 2. The molecule has 1 aromatic heterocycles. The van der Waals surface area contributed by atoms with E-state index < -0.39 is 11.9 Å². The summed E-state index contributed by atoms with van der Waals surface area (Å²) in [5.41, 5.74) is 0.814. The molecule has 0 unspecified atom stereocenters. The number of hydrogen-bond donors (Lipinski definition) is 0. The Balaban J connectivity index is 2.19. The second kappa shape index (κ2) is 9.57. The molecule has 1 heterocycles. The van der Waals surface area contributed by atoms with Crippen LogP contribution in [0.2, 0.25) is 0 Å². The first kappa shape index (κ1) is 20.9. The molecule has 0 aliphatic carbocycles. The molecule has 0 atom stereocenters. The minimum atomic E-state index is -0.829. The van der Waals surface area contributed by atoms with E-state index in [0.717, 1.165) is 17.4 Å². The lowest BCUT2D eigenvalue weighted by Crippen LogP contribution is -2.17. The molecule has 8 nitrogen and oxygen atoms in total. The number of hydrogen-bond acceptors (Lipinski definition) is 8. The van der Waals surface area contributed by atoms with E-state index in [1.807, 2.05) is 12.1 Å². The van der Waals surface area contributed by atoms with Gasteiger partial charge in [-0.25, -0.2) is 19.3 Å². The van der Waals surface area contributed by atoms with Gasteiger partial charge in [-0.3, -0.25) is 4.79 Å². The molecule has 152 valence electrons. The maximum absolute atomic E-state index is 12.9. The van der Waals surface area contributed by atoms with Gasteiger partial charge < -0.3 is 9.47 Å². The normalized spacial score (nSPS) is 11.8. The molecule has 0 amide bonds. The Morgan fingerprint density at radius 2 is 1.60 bits per heavy atom. The molecule has 2 aromatic carbocycles. The van der Waals surface area contributed by atoms with Crippen LogP contribution in [0.15, 0.2) is 77.4 Å². The van der Waals surface area contributed by atoms with E-state index >= 15 is 0 Å². The van der Waals surface area contributed by atoms with E-state index in [-0.39, 0.29) is 21.3 Å². The molecule has 0 radical (unpaired) electrons. The number of rotatable bonds is 6. The molecule has 30 heavy (non-hydrogen) atoms. The van der Waals surface area contributed by atoms with Gasteiger partial charge in [0.05, 0.1) is 26.0 Å². The van der Waals surface area contributed by atoms with Crippen molar-refractivity contribution < 1.29 is 23.9 Å². The van der Waals surface area contributed by atoms with Crippen LogP contribution < -0.4 is 4.80 Å². The Morgan fingerprint density at radius 1 is 0.967 bits per heavy atom. The first-order chi connectivity index (χ1) is 14.5. The van der Waals surface area contributed by atoms with Crippen molar-refractivity contribution >= 4 is 29.1 Å². The zero-order chi connectivity index (χ0) is 21.5. The van der Waals surface area contributed by atoms with Crippen LogP contribution in [0.5, 0.6) is 0 Å². The molecule has 0 bridgehead atoms. The van der Waals surface area contributed by atoms with Gasteiger partial charge in [0.25, 0.3) is 0 Å². The van der Waals surface area contributed by atoms with Crippen LogP contribution in [0.4, 0.5) is 0 Å². The number of carbonyl (C=O) groups excluding carboxylic acids is 3. The van der Waals surface area contributed by atoms with Crippen LogP contribution in [0.1, 0.15) is 15.4 Å². The molecule has 0 aliphatic heterocycles. The average Bonchev–Trinajstić information content (AvgIpc) is 3.22. The summed E-state index contributed by atoms with van der Waals surface area (Å²) in [6.07, 6.45) is 0.916. The third kappa shape index (κ3) is 4.76. The van der Waals surface area contributed by atoms with Crippen LogP contribution in [-0.2, 0) is 19.1 Å². The van der Waals surface area contributed by atoms with E-state index in [1.165, 1.54) is 18.9 Å². The third-order valence-electron chi connectivity index (χ3n) is 3.86. The van der Waals surface area contributed by atoms with Gasteiger partial charge in [-0.1, -0.05) is 59.9 Å². The van der Waals surface area contributed by atoms with Crippen molar-refractivity contribution in [3.05, 3.63) is 87.8 Å². The van der Waals surface area contributed by atoms with E-state index in [4.69, 9.17) is 4.74 Å². The molecular formula is C21H17N3O5S. The standard InChI is InChI=1S/C21H17N3O5S/c1-28-17(25)13-16(20(27)29-2)22-21-24(15-11-7-4-8-12-15)23-19(30-21)18(26)14-9-5-3-6-10-14/h3-13H,1-2H3. The molecule has 3 aromatic rings. The van der Waals surface area contributed by atoms with Gasteiger partial charge in [0.2, 0.25) is 10.6 Å². The Bertz CT molecular complexity index is 1160. The fourth-order valence-electron chi connectivity index (χ4n) is 2.41. The number of methoxy groups -OCH3 is 2. The summed E-state index contributed by atoms with van der Waals surface area (Å²) in [7, 11) is 2.35. The molecule has 9 heteroatoms. The maximum Gasteiger partial charge on any atom is 0.357 e. The Hall–Kier alpha value is -3.85. The van der Waals surface area contributed by atoms with Gasteiger partial charge in [-0.05, 0) is 12.1 Å². The van der Waals surface area contributed by atoms with E-state index in [0.29, 0.717) is 11.3 Å². The van der Waals surface area contributed by atoms with Gasteiger partial charge in [0, 0.05) is 5.56 Å². The molecule has 3 rings (SSSR count). The summed E-state index contributed by atoms with van der Waals surface area (Å²) in [4.78, 5) is 41.0. The van der Waals surface area contributed by atoms with Crippen molar-refractivity contribution in [3.8, 4) is 5.69 Å². The predicted octanol–water partition coefficient (Wildman–Crippen LogP) is 2.30. The largest absolute Gasteiger partial charge is 0.466 e. The van der Waals surface area contributed by atoms with Gasteiger partial charge in [0.15, 0.2) is 10.7 Å². The van der Waals surface area contributed by atoms with Crippen LogP contribution in [-0.4, -0.2) is 41.7 Å². The van der Waals surface area contributed by atoms with Gasteiger partial charge in [0.1, 0.15) is 0 Å². The second-order valence-electron chi connectivity index (χ2n) is 5.79. The number of para-hydroxylation sites is 1. The molecule has 0 saturated heterocycles. The van der Waals surface area contributed by atoms with Crippen molar-refractivity contribution in [2.24, 2.45) is 4.99 Å². The number of carbonyl (C=O) groups is 3. The topological polar surface area (TPSA) is 99.9 Å². The zero-order valence-corrected chi connectivity index (χ0v) is 17.0. The lowest BCUT2D eigenvalue weighted by Gasteiger charge is -2.02. The highest BCUT2D eigenvalue weighted by atomic mass is 32.1. The molecule has 0 saturated carbocycles. The Labute approximate surface area is 175 Å². The van der Waals surface area contributed by atoms with Crippen LogP contribution in [0, 0.1) is 0 Å². The highest BCUT2D eigenvalue weighted by molar-refractivity contribution is 7.11. The Morgan fingerprint density at radius 3 is 2.20 bits per heavy atom. The maximum atomic E-state index is 12.9. The molecule has 0 aliphatic rings. The smallest absolute Gasteiger partial charge is 0.357 e. The quantitative estimate of drug-likeness (QED) is 0.343. The molecule has 0 N–H and O–H groups in total. The van der Waals surface area contributed by atoms with Crippen molar-refractivity contribution in [1.29, 1.82) is 0 Å². The predicted molar refractivity (Wildman–Crippen MR) is 109 cm³/mol. The Kier molecular flexibility index (Phi) is 6.66. The van der Waals surface area contributed by atoms with E-state index in [1.54, 1.807) is 48.5 Å². The monoisotopic (exact) mass is 423 g/mol. The van der Waals surface area contributed by atoms with Crippen molar-refractivity contribution in [2.45, 2.75) is 0 Å². The number of ether oxygens (including phenoxy) is 2. The van der Waals surface area contributed by atoms with Crippen LogP contribution in [0.25, 0.3) is 5.69 Å². The molecular weight excluding hydrogens is 406 g/mol. The molecule has 0 spiro atoms. The van der Waals surface area contributed by atoms with Gasteiger partial charge in [-0.15, -0.1) is 0 Å².